The molecule has 2 amide bonds. The average molecular weight is 501 g/mol. The highest BCUT2D eigenvalue weighted by atomic mass is 16.5. The first kappa shape index (κ1) is 25.8. The van der Waals surface area contributed by atoms with Crippen LogP contribution in [0.4, 0.5) is 0 Å². The number of carbonyl (C=O) groups is 2. The number of amides is 2. The molecule has 0 aromatic heterocycles. The van der Waals surface area contributed by atoms with Crippen LogP contribution in [0.5, 0.6) is 17.2 Å². The standard InChI is InChI=1S/C30H32N2O5/c1-35-25-14-10-23(11-15-25)20-31-30(34)26-9-6-18-32(26)29(33)17-13-22-12-16-27(28(19-22)36-2)37-21-24-7-4-3-5-8-24/h3-5,7-8,10-17,19,26H,6,9,18,20-21H2,1-2H3,(H,31,34)/b17-13+/t26-/m0/s1. The van der Waals surface area contributed by atoms with Crippen LogP contribution in [0.3, 0.4) is 0 Å². The molecule has 0 unspecified atom stereocenters. The van der Waals surface area contributed by atoms with Crippen molar-refractivity contribution >= 4 is 17.9 Å². The highest BCUT2D eigenvalue weighted by Crippen LogP contribution is 2.29. The highest BCUT2D eigenvalue weighted by Gasteiger charge is 2.32. The molecule has 0 aliphatic carbocycles. The Balaban J connectivity index is 1.34. The van der Waals surface area contributed by atoms with E-state index in [2.05, 4.69) is 5.32 Å². The molecule has 192 valence electrons. The summed E-state index contributed by atoms with van der Waals surface area (Å²) < 4.78 is 16.6. The second kappa shape index (κ2) is 12.6. The van der Waals surface area contributed by atoms with Gasteiger partial charge < -0.3 is 24.4 Å². The zero-order chi connectivity index (χ0) is 26.0. The van der Waals surface area contributed by atoms with E-state index >= 15 is 0 Å². The van der Waals surface area contributed by atoms with E-state index < -0.39 is 6.04 Å². The predicted octanol–water partition coefficient (Wildman–Crippen LogP) is 4.60. The van der Waals surface area contributed by atoms with Crippen LogP contribution in [0.25, 0.3) is 6.08 Å². The van der Waals surface area contributed by atoms with Gasteiger partial charge in [-0.3, -0.25) is 9.59 Å². The molecule has 7 heteroatoms. The summed E-state index contributed by atoms with van der Waals surface area (Å²) in [4.78, 5) is 27.4. The number of nitrogens with zero attached hydrogens (tertiary/aromatic N) is 1. The van der Waals surface area contributed by atoms with Crippen molar-refractivity contribution in [2.24, 2.45) is 0 Å². The Morgan fingerprint density at radius 1 is 0.946 bits per heavy atom. The summed E-state index contributed by atoms with van der Waals surface area (Å²) >= 11 is 0. The number of ether oxygens (including phenoxy) is 3. The summed E-state index contributed by atoms with van der Waals surface area (Å²) in [6.07, 6.45) is 4.68. The largest absolute Gasteiger partial charge is 0.497 e. The summed E-state index contributed by atoms with van der Waals surface area (Å²) in [5, 5.41) is 2.95. The van der Waals surface area contributed by atoms with E-state index in [9.17, 15) is 9.59 Å². The number of nitrogens with one attached hydrogen (secondary N) is 1. The van der Waals surface area contributed by atoms with Crippen LogP contribution < -0.4 is 19.5 Å². The van der Waals surface area contributed by atoms with E-state index in [1.165, 1.54) is 6.08 Å². The third-order valence-corrected chi connectivity index (χ3v) is 6.31. The zero-order valence-corrected chi connectivity index (χ0v) is 21.2. The van der Waals surface area contributed by atoms with Crippen molar-refractivity contribution in [2.75, 3.05) is 20.8 Å². The highest BCUT2D eigenvalue weighted by molar-refractivity contribution is 5.96. The van der Waals surface area contributed by atoms with E-state index in [0.29, 0.717) is 37.6 Å². The van der Waals surface area contributed by atoms with Crippen LogP contribution >= 0.6 is 0 Å². The van der Waals surface area contributed by atoms with Gasteiger partial charge in [0.05, 0.1) is 14.2 Å². The van der Waals surface area contributed by atoms with E-state index in [-0.39, 0.29) is 11.8 Å². The normalized spacial score (nSPS) is 15.0. The predicted molar refractivity (Wildman–Crippen MR) is 142 cm³/mol. The van der Waals surface area contributed by atoms with E-state index in [1.807, 2.05) is 72.8 Å². The SMILES string of the molecule is COc1ccc(CNC(=O)[C@@H]2CCCN2C(=O)/C=C/c2ccc(OCc3ccccc3)c(OC)c2)cc1. The Hall–Kier alpha value is -4.26. The minimum atomic E-state index is -0.473. The number of methoxy groups -OCH3 is 2. The molecule has 1 aliphatic rings. The molecule has 4 rings (SSSR count). The first-order chi connectivity index (χ1) is 18.1. The lowest BCUT2D eigenvalue weighted by Crippen LogP contribution is -2.45. The van der Waals surface area contributed by atoms with Gasteiger partial charge in [-0.15, -0.1) is 0 Å². The second-order valence-corrected chi connectivity index (χ2v) is 8.77. The fourth-order valence-corrected chi connectivity index (χ4v) is 4.26. The molecule has 1 saturated heterocycles. The number of benzene rings is 3. The lowest BCUT2D eigenvalue weighted by atomic mass is 10.1. The quantitative estimate of drug-likeness (QED) is 0.412. The lowest BCUT2D eigenvalue weighted by Gasteiger charge is -2.22. The summed E-state index contributed by atoms with van der Waals surface area (Å²) in [6, 6.07) is 22.5. The molecule has 1 atom stereocenters. The third kappa shape index (κ3) is 6.91. The molecular formula is C30H32N2O5. The van der Waals surface area contributed by atoms with Crippen LogP contribution in [0.15, 0.2) is 78.9 Å². The molecule has 0 spiro atoms. The monoisotopic (exact) mass is 500 g/mol. The Morgan fingerprint density at radius 2 is 1.73 bits per heavy atom. The fraction of sp³-hybridized carbons (Fsp3) is 0.267. The van der Waals surface area contributed by atoms with E-state index in [1.54, 1.807) is 25.2 Å². The van der Waals surface area contributed by atoms with Crippen molar-refractivity contribution in [2.45, 2.75) is 32.0 Å². The fourth-order valence-electron chi connectivity index (χ4n) is 4.26. The summed E-state index contributed by atoms with van der Waals surface area (Å²) in [6.45, 7) is 1.39. The molecule has 3 aromatic carbocycles. The average Bonchev–Trinajstić information content (AvgIpc) is 3.45. The number of carbonyl (C=O) groups excluding carboxylic acids is 2. The molecular weight excluding hydrogens is 468 g/mol. The van der Waals surface area contributed by atoms with Gasteiger partial charge in [0.15, 0.2) is 11.5 Å². The topological polar surface area (TPSA) is 77.1 Å². The minimum Gasteiger partial charge on any atom is -0.497 e. The lowest BCUT2D eigenvalue weighted by molar-refractivity contribution is -0.135. The smallest absolute Gasteiger partial charge is 0.247 e. The first-order valence-corrected chi connectivity index (χ1v) is 12.3. The number of likely N-dealkylation sites (tertiary alicyclic amines) is 1. The van der Waals surface area contributed by atoms with Gasteiger partial charge in [0, 0.05) is 19.2 Å². The first-order valence-electron chi connectivity index (χ1n) is 12.3. The molecule has 0 saturated carbocycles. The van der Waals surface area contributed by atoms with Crippen LogP contribution in [0.1, 0.15) is 29.5 Å². The van der Waals surface area contributed by atoms with Gasteiger partial charge in [0.25, 0.3) is 0 Å². The van der Waals surface area contributed by atoms with Crippen molar-refractivity contribution in [3.05, 3.63) is 95.6 Å². The maximum atomic E-state index is 12.9. The zero-order valence-electron chi connectivity index (χ0n) is 21.2. The maximum absolute atomic E-state index is 12.9. The molecule has 0 bridgehead atoms. The molecule has 37 heavy (non-hydrogen) atoms. The van der Waals surface area contributed by atoms with Crippen molar-refractivity contribution in [3.63, 3.8) is 0 Å². The Kier molecular flexibility index (Phi) is 8.81. The Bertz CT molecular complexity index is 1220. The van der Waals surface area contributed by atoms with Gasteiger partial charge in [-0.25, -0.2) is 0 Å². The molecule has 1 heterocycles. The van der Waals surface area contributed by atoms with Crippen LogP contribution in [0, 0.1) is 0 Å². The number of hydrogen-bond donors (Lipinski definition) is 1. The third-order valence-electron chi connectivity index (χ3n) is 6.31. The molecule has 7 nitrogen and oxygen atoms in total. The molecule has 3 aromatic rings. The number of rotatable bonds is 10. The van der Waals surface area contributed by atoms with Crippen molar-refractivity contribution < 1.29 is 23.8 Å². The van der Waals surface area contributed by atoms with Crippen molar-refractivity contribution in [3.8, 4) is 17.2 Å². The second-order valence-electron chi connectivity index (χ2n) is 8.77. The van der Waals surface area contributed by atoms with Crippen molar-refractivity contribution in [1.29, 1.82) is 0 Å². The van der Waals surface area contributed by atoms with Crippen molar-refractivity contribution in [1.82, 2.24) is 10.2 Å². The Labute approximate surface area is 217 Å². The van der Waals surface area contributed by atoms with Crippen LogP contribution in [-0.2, 0) is 22.7 Å². The number of hydrogen-bond acceptors (Lipinski definition) is 5. The summed E-state index contributed by atoms with van der Waals surface area (Å²) in [5.74, 6) is 1.65. The minimum absolute atomic E-state index is 0.142. The molecule has 1 fully saturated rings. The van der Waals surface area contributed by atoms with Gasteiger partial charge in [-0.05, 0) is 59.9 Å². The van der Waals surface area contributed by atoms with E-state index in [0.717, 1.165) is 28.9 Å². The Morgan fingerprint density at radius 3 is 2.46 bits per heavy atom. The molecule has 1 aliphatic heterocycles. The molecule has 1 N–H and O–H groups in total. The maximum Gasteiger partial charge on any atom is 0.247 e. The van der Waals surface area contributed by atoms with Gasteiger partial charge in [-0.1, -0.05) is 48.5 Å². The summed E-state index contributed by atoms with van der Waals surface area (Å²) in [5.41, 5.74) is 2.83. The van der Waals surface area contributed by atoms with Crippen LogP contribution in [-0.4, -0.2) is 43.5 Å². The van der Waals surface area contributed by atoms with Gasteiger partial charge >= 0.3 is 0 Å². The van der Waals surface area contributed by atoms with Gasteiger partial charge in [-0.2, -0.15) is 0 Å². The molecule has 0 radical (unpaired) electrons. The van der Waals surface area contributed by atoms with E-state index in [4.69, 9.17) is 14.2 Å². The van der Waals surface area contributed by atoms with Crippen LogP contribution in [0.2, 0.25) is 0 Å². The summed E-state index contributed by atoms with van der Waals surface area (Å²) in [7, 11) is 3.20. The van der Waals surface area contributed by atoms with Gasteiger partial charge in [0.2, 0.25) is 11.8 Å². The van der Waals surface area contributed by atoms with Gasteiger partial charge in [0.1, 0.15) is 18.4 Å².